The van der Waals surface area contributed by atoms with E-state index < -0.39 is 34.0 Å². The van der Waals surface area contributed by atoms with E-state index in [1.165, 1.54) is 35.6 Å². The number of fused-ring (bicyclic) bond motifs is 1. The van der Waals surface area contributed by atoms with Crippen molar-refractivity contribution in [2.24, 2.45) is 16.8 Å². The monoisotopic (exact) mass is 539 g/mol. The Balaban J connectivity index is 1.55. The Morgan fingerprint density at radius 1 is 1.03 bits per heavy atom. The van der Waals surface area contributed by atoms with Crippen molar-refractivity contribution >= 4 is 45.0 Å². The van der Waals surface area contributed by atoms with Gasteiger partial charge in [0.25, 0.3) is 15.9 Å². The minimum absolute atomic E-state index is 0.177. The Labute approximate surface area is 223 Å². The largest absolute Gasteiger partial charge is 0.321 e. The van der Waals surface area contributed by atoms with Crippen LogP contribution in [0.15, 0.2) is 58.4 Å². The quantitative estimate of drug-likeness (QED) is 0.515. The van der Waals surface area contributed by atoms with E-state index in [1.807, 2.05) is 29.0 Å². The molecule has 2 aliphatic rings. The van der Waals surface area contributed by atoms with E-state index in [9.17, 15) is 22.8 Å². The first-order chi connectivity index (χ1) is 18.1. The molecule has 38 heavy (non-hydrogen) atoms. The number of aliphatic imine (C=N–C) groups is 1. The highest BCUT2D eigenvalue weighted by molar-refractivity contribution is 7.90. The van der Waals surface area contributed by atoms with Crippen LogP contribution in [0, 0.1) is 11.8 Å². The predicted molar refractivity (Wildman–Crippen MR) is 146 cm³/mol. The van der Waals surface area contributed by atoms with Gasteiger partial charge in [-0.1, -0.05) is 57.4 Å². The Bertz CT molecular complexity index is 1370. The van der Waals surface area contributed by atoms with Gasteiger partial charge in [0.1, 0.15) is 0 Å². The summed E-state index contributed by atoms with van der Waals surface area (Å²) in [6.45, 7) is 3.17. The number of benzene rings is 2. The summed E-state index contributed by atoms with van der Waals surface area (Å²) >= 11 is 0. The number of hydrogen-bond acceptors (Lipinski definition) is 6. The van der Waals surface area contributed by atoms with E-state index in [-0.39, 0.29) is 22.4 Å². The molecule has 1 aliphatic carbocycles. The van der Waals surface area contributed by atoms with Crippen LogP contribution in [0.4, 0.5) is 16.2 Å². The van der Waals surface area contributed by atoms with Crippen LogP contribution in [0.1, 0.15) is 51.5 Å². The Hall–Kier alpha value is -3.73. The molecule has 0 spiro atoms. The van der Waals surface area contributed by atoms with Crippen molar-refractivity contribution in [1.82, 2.24) is 10.0 Å². The van der Waals surface area contributed by atoms with Gasteiger partial charge in [-0.3, -0.25) is 14.6 Å². The average Bonchev–Trinajstić information content (AvgIpc) is 3.00. The van der Waals surface area contributed by atoms with Crippen LogP contribution in [0.3, 0.4) is 0 Å². The molecule has 0 aromatic heterocycles. The van der Waals surface area contributed by atoms with Gasteiger partial charge >= 0.3 is 6.03 Å². The molecule has 1 atom stereocenters. The van der Waals surface area contributed by atoms with E-state index in [0.29, 0.717) is 0 Å². The van der Waals surface area contributed by atoms with Crippen LogP contribution in [-0.2, 0) is 19.6 Å². The van der Waals surface area contributed by atoms with Crippen molar-refractivity contribution < 1.29 is 22.8 Å². The molecule has 11 heteroatoms. The molecule has 4 rings (SSSR count). The second-order valence-electron chi connectivity index (χ2n) is 9.92. The number of anilines is 2. The fourth-order valence-electron chi connectivity index (χ4n) is 4.69. The Morgan fingerprint density at radius 3 is 2.45 bits per heavy atom. The minimum Gasteiger partial charge on any atom is -0.311 e. The van der Waals surface area contributed by atoms with Crippen LogP contribution in [0.25, 0.3) is 0 Å². The lowest BCUT2D eigenvalue weighted by Crippen LogP contribution is -2.47. The van der Waals surface area contributed by atoms with Gasteiger partial charge in [0.2, 0.25) is 12.1 Å². The Kier molecular flexibility index (Phi) is 8.15. The van der Waals surface area contributed by atoms with E-state index in [0.717, 1.165) is 42.6 Å². The molecule has 1 fully saturated rings. The highest BCUT2D eigenvalue weighted by atomic mass is 32.2. The summed E-state index contributed by atoms with van der Waals surface area (Å²) < 4.78 is 27.2. The molecule has 202 valence electrons. The number of carbonyl (C=O) groups excluding carboxylic acids is 3. The normalized spacial score (nSPS) is 18.3. The van der Waals surface area contributed by atoms with Crippen molar-refractivity contribution in [3.8, 4) is 0 Å². The number of benzodiazepines with no additional fused rings is 1. The third-order valence-corrected chi connectivity index (χ3v) is 8.14. The molecule has 3 N–H and O–H groups in total. The van der Waals surface area contributed by atoms with E-state index in [1.54, 1.807) is 20.9 Å². The molecule has 2 aromatic carbocycles. The number of nitrogens with one attached hydrogen (secondary N) is 3. The summed E-state index contributed by atoms with van der Waals surface area (Å²) in [6, 6.07) is 12.4. The number of carbonyl (C=O) groups is 3. The SMILES string of the molecule is CC(C)C(=O)NS(=O)(=O)c1cccc(NC(=O)N[C@@H]2N=C(C3CCCCC3)c3ccccc3N(C)C2=O)c1. The second-order valence-corrected chi connectivity index (χ2v) is 11.6. The van der Waals surface area contributed by atoms with Crippen molar-refractivity contribution in [2.45, 2.75) is 57.0 Å². The molecule has 4 amide bonds. The number of sulfonamides is 1. The zero-order valence-electron chi connectivity index (χ0n) is 21.7. The van der Waals surface area contributed by atoms with Crippen LogP contribution < -0.4 is 20.3 Å². The van der Waals surface area contributed by atoms with Gasteiger partial charge < -0.3 is 15.5 Å². The number of amides is 4. The van der Waals surface area contributed by atoms with Crippen molar-refractivity contribution in [2.75, 3.05) is 17.3 Å². The van der Waals surface area contributed by atoms with Gasteiger partial charge in [-0.15, -0.1) is 0 Å². The number of nitrogens with zero attached hydrogens (tertiary/aromatic N) is 2. The van der Waals surface area contributed by atoms with Crippen molar-refractivity contribution in [1.29, 1.82) is 0 Å². The number of hydrogen-bond donors (Lipinski definition) is 3. The number of rotatable bonds is 6. The zero-order valence-corrected chi connectivity index (χ0v) is 22.5. The lowest BCUT2D eigenvalue weighted by molar-refractivity contribution is -0.122. The molecule has 10 nitrogen and oxygen atoms in total. The lowest BCUT2D eigenvalue weighted by Gasteiger charge is -2.25. The summed E-state index contributed by atoms with van der Waals surface area (Å²) in [7, 11) is -2.46. The highest BCUT2D eigenvalue weighted by Gasteiger charge is 2.33. The summed E-state index contributed by atoms with van der Waals surface area (Å²) in [6.07, 6.45) is 4.14. The maximum Gasteiger partial charge on any atom is 0.321 e. The fraction of sp³-hybridized carbons (Fsp3) is 0.407. The summed E-state index contributed by atoms with van der Waals surface area (Å²) in [5, 5.41) is 5.23. The molecule has 0 saturated heterocycles. The minimum atomic E-state index is -4.12. The first-order valence-corrected chi connectivity index (χ1v) is 14.2. The summed E-state index contributed by atoms with van der Waals surface area (Å²) in [5.41, 5.74) is 2.63. The smallest absolute Gasteiger partial charge is 0.311 e. The van der Waals surface area contributed by atoms with Gasteiger partial charge in [0.15, 0.2) is 0 Å². The standard InChI is InChI=1S/C27H33N5O5S/c1-17(2)25(33)31-38(36,37)20-13-9-12-19(16-20)28-27(35)30-24-26(34)32(3)22-15-8-7-14-21(22)23(29-24)18-10-5-4-6-11-18/h7-9,12-18,24H,4-6,10-11H2,1-3H3,(H,31,33)(H2,28,30,35)/t24-/m0/s1. The van der Waals surface area contributed by atoms with Gasteiger partial charge in [-0.25, -0.2) is 17.9 Å². The maximum atomic E-state index is 13.3. The van der Waals surface area contributed by atoms with Gasteiger partial charge in [-0.05, 0) is 37.1 Å². The zero-order chi connectivity index (χ0) is 27.4. The predicted octanol–water partition coefficient (Wildman–Crippen LogP) is 3.64. The van der Waals surface area contributed by atoms with Crippen LogP contribution in [0.5, 0.6) is 0 Å². The topological polar surface area (TPSA) is 137 Å². The first-order valence-electron chi connectivity index (χ1n) is 12.8. The molecule has 1 aliphatic heterocycles. The van der Waals surface area contributed by atoms with Crippen LogP contribution in [0.2, 0.25) is 0 Å². The lowest BCUT2D eigenvalue weighted by atomic mass is 9.83. The van der Waals surface area contributed by atoms with E-state index in [4.69, 9.17) is 4.99 Å². The Morgan fingerprint density at radius 2 is 1.74 bits per heavy atom. The number of likely N-dealkylation sites (N-methyl/N-ethyl adjacent to an activating group) is 1. The van der Waals surface area contributed by atoms with Gasteiger partial charge in [-0.2, -0.15) is 0 Å². The van der Waals surface area contributed by atoms with Crippen molar-refractivity contribution in [3.05, 3.63) is 54.1 Å². The third-order valence-electron chi connectivity index (χ3n) is 6.80. The average molecular weight is 540 g/mol. The third kappa shape index (κ3) is 6.04. The fourth-order valence-corrected chi connectivity index (χ4v) is 5.84. The van der Waals surface area contributed by atoms with E-state index >= 15 is 0 Å². The summed E-state index contributed by atoms with van der Waals surface area (Å²) in [5.74, 6) is -1.34. The van der Waals surface area contributed by atoms with E-state index in [2.05, 4.69) is 10.6 Å². The molecule has 1 saturated carbocycles. The molecular formula is C27H33N5O5S. The first kappa shape index (κ1) is 27.3. The van der Waals surface area contributed by atoms with Crippen molar-refractivity contribution in [3.63, 3.8) is 0 Å². The highest BCUT2D eigenvalue weighted by Crippen LogP contribution is 2.33. The molecule has 0 unspecified atom stereocenters. The molecule has 0 bridgehead atoms. The molecule has 0 radical (unpaired) electrons. The molecule has 1 heterocycles. The number of urea groups is 1. The number of para-hydroxylation sites is 1. The molecule has 2 aromatic rings. The maximum absolute atomic E-state index is 13.3. The second kappa shape index (κ2) is 11.3. The van der Waals surface area contributed by atoms with Gasteiger partial charge in [0, 0.05) is 30.1 Å². The van der Waals surface area contributed by atoms with Gasteiger partial charge in [0.05, 0.1) is 16.3 Å². The van der Waals surface area contributed by atoms with Crippen LogP contribution >= 0.6 is 0 Å². The molecular weight excluding hydrogens is 506 g/mol. The van der Waals surface area contributed by atoms with Crippen LogP contribution in [-0.4, -0.2) is 45.2 Å². The summed E-state index contributed by atoms with van der Waals surface area (Å²) in [4.78, 5) is 44.3.